The summed E-state index contributed by atoms with van der Waals surface area (Å²) < 4.78 is 1.10. The van der Waals surface area contributed by atoms with E-state index in [0.717, 1.165) is 21.3 Å². The van der Waals surface area contributed by atoms with Gasteiger partial charge in [0.15, 0.2) is 5.01 Å². The highest BCUT2D eigenvalue weighted by atomic mass is 32.1. The summed E-state index contributed by atoms with van der Waals surface area (Å²) >= 11 is 2.83. The van der Waals surface area contributed by atoms with Gasteiger partial charge in [-0.3, -0.25) is 10.1 Å². The Bertz CT molecular complexity index is 1290. The van der Waals surface area contributed by atoms with Crippen LogP contribution in [0.4, 0.5) is 10.6 Å². The molecule has 31 heavy (non-hydrogen) atoms. The molecule has 9 heteroatoms. The van der Waals surface area contributed by atoms with Gasteiger partial charge in [-0.25, -0.2) is 14.8 Å². The summed E-state index contributed by atoms with van der Waals surface area (Å²) in [5.41, 5.74) is 5.49. The van der Waals surface area contributed by atoms with Crippen LogP contribution in [0.2, 0.25) is 0 Å². The van der Waals surface area contributed by atoms with Crippen LogP contribution < -0.4 is 16.0 Å². The molecule has 4 aromatic rings. The fourth-order valence-corrected chi connectivity index (χ4v) is 4.47. The molecule has 0 bridgehead atoms. The number of urea groups is 1. The van der Waals surface area contributed by atoms with Crippen molar-refractivity contribution in [1.82, 2.24) is 20.6 Å². The topological polar surface area (TPSA) is 96.0 Å². The van der Waals surface area contributed by atoms with Crippen molar-refractivity contribution in [3.05, 3.63) is 63.9 Å². The van der Waals surface area contributed by atoms with Gasteiger partial charge in [0.2, 0.25) is 5.91 Å². The van der Waals surface area contributed by atoms with Crippen LogP contribution in [0.25, 0.3) is 21.3 Å². The van der Waals surface area contributed by atoms with E-state index < -0.39 is 12.1 Å². The first-order valence-electron chi connectivity index (χ1n) is 9.23. The molecule has 2 heterocycles. The monoisotopic (exact) mass is 447 g/mol. The predicted molar refractivity (Wildman–Crippen MR) is 124 cm³/mol. The smallest absolute Gasteiger partial charge is 0.321 e. The lowest BCUT2D eigenvalue weighted by molar-refractivity contribution is -0.122. The van der Waals surface area contributed by atoms with E-state index in [9.17, 15) is 9.59 Å². The number of hydrogen-bond acceptors (Lipinski definition) is 6. The minimum absolute atomic E-state index is 0.333. The second-order valence-corrected chi connectivity index (χ2v) is 8.17. The molecule has 0 saturated carbocycles. The molecule has 0 saturated heterocycles. The summed E-state index contributed by atoms with van der Waals surface area (Å²) in [5, 5.41) is 9.97. The first-order valence-corrected chi connectivity index (χ1v) is 11.0. The fraction of sp³-hybridized carbons (Fsp3) is 0.0909. The summed E-state index contributed by atoms with van der Waals surface area (Å²) in [7, 11) is 1.52. The lowest BCUT2D eigenvalue weighted by Gasteiger charge is -2.18. The number of carbonyl (C=O) groups is 2. The van der Waals surface area contributed by atoms with Crippen LogP contribution in [0.3, 0.4) is 0 Å². The third-order valence-electron chi connectivity index (χ3n) is 4.56. The molecule has 2 aromatic heterocycles. The number of anilines is 1. The molecule has 4 rings (SSSR count). The second-order valence-electron chi connectivity index (χ2n) is 6.46. The summed E-state index contributed by atoms with van der Waals surface area (Å²) in [6.07, 6.45) is 5.30. The number of nitrogens with one attached hydrogen (secondary N) is 3. The Labute approximate surface area is 186 Å². The Morgan fingerprint density at radius 2 is 1.94 bits per heavy atom. The number of thiazole rings is 2. The number of hydrogen-bond donors (Lipinski definition) is 3. The summed E-state index contributed by atoms with van der Waals surface area (Å²) in [6.45, 7) is 0. The number of aromatic nitrogens is 2. The van der Waals surface area contributed by atoms with E-state index in [1.54, 1.807) is 16.7 Å². The van der Waals surface area contributed by atoms with E-state index >= 15 is 0 Å². The van der Waals surface area contributed by atoms with Gasteiger partial charge in [0.25, 0.3) is 0 Å². The molecule has 0 unspecified atom stereocenters. The number of fused-ring (bicyclic) bond motifs is 1. The van der Waals surface area contributed by atoms with Crippen LogP contribution in [0, 0.1) is 12.3 Å². The molecule has 1 atom stereocenters. The molecule has 0 spiro atoms. The third kappa shape index (κ3) is 4.40. The Hall–Kier alpha value is -3.74. The molecular weight excluding hydrogens is 430 g/mol. The summed E-state index contributed by atoms with van der Waals surface area (Å²) in [4.78, 5) is 33.3. The Morgan fingerprint density at radius 3 is 2.65 bits per heavy atom. The van der Waals surface area contributed by atoms with Crippen LogP contribution in [-0.2, 0) is 4.79 Å². The normalized spacial score (nSPS) is 11.5. The standard InChI is InChI=1S/C22H17N5O2S2/c1-3-18-25-17(11-30-18)26-22(29)27-19(21(28)23-2)14-9-7-13(8-10-14)15-5-4-6-16-20(15)31-12-24-16/h1,4-12,19H,2H3,(H,23,28)(H2,26,27,29)/t19-/m1/s1. The van der Waals surface area contributed by atoms with Crippen molar-refractivity contribution in [3.8, 4) is 23.5 Å². The Balaban J connectivity index is 1.55. The molecule has 0 aliphatic heterocycles. The Kier molecular flexibility index (Phi) is 5.93. The van der Waals surface area contributed by atoms with Crippen molar-refractivity contribution in [1.29, 1.82) is 0 Å². The van der Waals surface area contributed by atoms with Gasteiger partial charge in [0.1, 0.15) is 11.9 Å². The van der Waals surface area contributed by atoms with Crippen LogP contribution in [-0.4, -0.2) is 29.0 Å². The molecule has 154 valence electrons. The zero-order valence-corrected chi connectivity index (χ0v) is 18.0. The highest BCUT2D eigenvalue weighted by molar-refractivity contribution is 7.17. The quantitative estimate of drug-likeness (QED) is 0.403. The van der Waals surface area contributed by atoms with Crippen LogP contribution in [0.5, 0.6) is 0 Å². The Morgan fingerprint density at radius 1 is 1.13 bits per heavy atom. The van der Waals surface area contributed by atoms with E-state index in [-0.39, 0.29) is 5.91 Å². The molecule has 0 aliphatic rings. The van der Waals surface area contributed by atoms with E-state index in [1.807, 2.05) is 48.0 Å². The first-order chi connectivity index (χ1) is 15.1. The lowest BCUT2D eigenvalue weighted by Crippen LogP contribution is -2.41. The lowest BCUT2D eigenvalue weighted by atomic mass is 10.00. The van der Waals surface area contributed by atoms with Crippen LogP contribution in [0.1, 0.15) is 16.6 Å². The molecule has 3 N–H and O–H groups in total. The number of carbonyl (C=O) groups excluding carboxylic acids is 2. The number of likely N-dealkylation sites (N-methyl/N-ethyl adjacent to an activating group) is 1. The van der Waals surface area contributed by atoms with Gasteiger partial charge in [-0.1, -0.05) is 36.4 Å². The molecule has 0 aliphatic carbocycles. The number of terminal acetylenes is 1. The predicted octanol–water partition coefficient (Wildman–Crippen LogP) is 4.01. The van der Waals surface area contributed by atoms with Gasteiger partial charge < -0.3 is 10.6 Å². The average molecular weight is 448 g/mol. The van der Waals surface area contributed by atoms with Crippen molar-refractivity contribution in [2.45, 2.75) is 6.04 Å². The fourth-order valence-electron chi connectivity index (χ4n) is 3.09. The number of amides is 3. The van der Waals surface area contributed by atoms with Gasteiger partial charge in [-0.2, -0.15) is 0 Å². The maximum atomic E-state index is 12.4. The maximum absolute atomic E-state index is 12.4. The minimum atomic E-state index is -0.871. The summed E-state index contributed by atoms with van der Waals surface area (Å²) in [5.74, 6) is 2.41. The van der Waals surface area contributed by atoms with Crippen molar-refractivity contribution in [2.75, 3.05) is 12.4 Å². The van der Waals surface area contributed by atoms with Gasteiger partial charge in [-0.05, 0) is 23.1 Å². The average Bonchev–Trinajstić information content (AvgIpc) is 3.46. The van der Waals surface area contributed by atoms with Crippen molar-refractivity contribution >= 4 is 50.6 Å². The van der Waals surface area contributed by atoms with E-state index in [0.29, 0.717) is 16.4 Å². The number of rotatable bonds is 5. The SMILES string of the molecule is C#Cc1nc(NC(=O)N[C@@H](C(=O)NC)c2ccc(-c3cccc4ncsc34)cc2)cs1. The number of benzene rings is 2. The minimum Gasteiger partial charge on any atom is -0.357 e. The highest BCUT2D eigenvalue weighted by Crippen LogP contribution is 2.31. The van der Waals surface area contributed by atoms with Crippen LogP contribution in [0.15, 0.2) is 53.4 Å². The van der Waals surface area contributed by atoms with Crippen LogP contribution >= 0.6 is 22.7 Å². The molecule has 2 aromatic carbocycles. The van der Waals surface area contributed by atoms with Crippen molar-refractivity contribution in [3.63, 3.8) is 0 Å². The second kappa shape index (κ2) is 8.95. The van der Waals surface area contributed by atoms with Gasteiger partial charge in [-0.15, -0.1) is 29.1 Å². The van der Waals surface area contributed by atoms with Gasteiger partial charge in [0.05, 0.1) is 15.7 Å². The third-order valence-corrected chi connectivity index (χ3v) is 6.21. The molecule has 0 radical (unpaired) electrons. The number of nitrogens with zero attached hydrogens (tertiary/aromatic N) is 2. The van der Waals surface area contributed by atoms with Gasteiger partial charge in [0, 0.05) is 18.0 Å². The molecule has 0 fully saturated rings. The molecular formula is C22H17N5O2S2. The van der Waals surface area contributed by atoms with E-state index in [4.69, 9.17) is 6.42 Å². The van der Waals surface area contributed by atoms with Gasteiger partial charge >= 0.3 is 6.03 Å². The molecule has 3 amide bonds. The first kappa shape index (κ1) is 20.5. The highest BCUT2D eigenvalue weighted by Gasteiger charge is 2.22. The van der Waals surface area contributed by atoms with E-state index in [2.05, 4.69) is 31.8 Å². The summed E-state index contributed by atoms with van der Waals surface area (Å²) in [6, 6.07) is 12.1. The van der Waals surface area contributed by atoms with Crippen molar-refractivity contribution < 1.29 is 9.59 Å². The van der Waals surface area contributed by atoms with Crippen molar-refractivity contribution in [2.24, 2.45) is 0 Å². The molecule has 7 nitrogen and oxygen atoms in total. The largest absolute Gasteiger partial charge is 0.357 e. The maximum Gasteiger partial charge on any atom is 0.321 e. The zero-order valence-electron chi connectivity index (χ0n) is 16.4. The zero-order chi connectivity index (χ0) is 21.8. The van der Waals surface area contributed by atoms with E-state index in [1.165, 1.54) is 18.4 Å².